The van der Waals surface area contributed by atoms with Crippen molar-refractivity contribution in [2.45, 2.75) is 6.04 Å². The molecular formula is C14H13Br2ClN2O. The summed E-state index contributed by atoms with van der Waals surface area (Å²) in [5.41, 5.74) is 4.81. The number of hydrogen-bond acceptors (Lipinski definition) is 3. The summed E-state index contributed by atoms with van der Waals surface area (Å²) in [6.07, 6.45) is 0. The lowest BCUT2D eigenvalue weighted by Crippen LogP contribution is -2.29. The van der Waals surface area contributed by atoms with E-state index in [4.69, 9.17) is 22.2 Å². The van der Waals surface area contributed by atoms with E-state index < -0.39 is 0 Å². The Morgan fingerprint density at radius 1 is 1.20 bits per heavy atom. The van der Waals surface area contributed by atoms with Gasteiger partial charge in [0, 0.05) is 8.95 Å². The molecule has 3 nitrogen and oxygen atoms in total. The van der Waals surface area contributed by atoms with Crippen molar-refractivity contribution >= 4 is 43.5 Å². The topological polar surface area (TPSA) is 47.3 Å². The second-order valence-corrected chi connectivity index (χ2v) is 6.34. The van der Waals surface area contributed by atoms with Gasteiger partial charge in [-0.15, -0.1) is 0 Å². The van der Waals surface area contributed by atoms with Crippen molar-refractivity contribution in [2.75, 3.05) is 7.11 Å². The summed E-state index contributed by atoms with van der Waals surface area (Å²) >= 11 is 13.1. The van der Waals surface area contributed by atoms with Crippen LogP contribution in [0.2, 0.25) is 5.02 Å². The van der Waals surface area contributed by atoms with Gasteiger partial charge in [-0.05, 0) is 41.5 Å². The van der Waals surface area contributed by atoms with Crippen LogP contribution < -0.4 is 16.0 Å². The summed E-state index contributed by atoms with van der Waals surface area (Å²) in [5.74, 6) is 6.35. The number of hydrazine groups is 1. The smallest absolute Gasteiger partial charge is 0.137 e. The second-order valence-electron chi connectivity index (χ2n) is 4.16. The Hall–Kier alpha value is -0.590. The van der Waals surface area contributed by atoms with Crippen LogP contribution in [0.1, 0.15) is 17.2 Å². The van der Waals surface area contributed by atoms with Gasteiger partial charge in [-0.2, -0.15) is 0 Å². The standard InChI is InChI=1S/C14H13Br2ClN2O/c1-20-13-6-8(2-5-12(13)17)14(19-18)10-7-9(15)3-4-11(10)16/h2-7,14,19H,18H2,1H3. The highest BCUT2D eigenvalue weighted by Gasteiger charge is 2.17. The minimum atomic E-state index is -0.173. The van der Waals surface area contributed by atoms with Gasteiger partial charge in [-0.25, -0.2) is 5.43 Å². The van der Waals surface area contributed by atoms with E-state index in [1.54, 1.807) is 13.2 Å². The fourth-order valence-electron chi connectivity index (χ4n) is 1.96. The summed E-state index contributed by atoms with van der Waals surface area (Å²) in [5, 5.41) is 0.570. The first-order chi connectivity index (χ1) is 9.56. The van der Waals surface area contributed by atoms with Crippen LogP contribution in [0.25, 0.3) is 0 Å². The molecule has 0 heterocycles. The highest BCUT2D eigenvalue weighted by molar-refractivity contribution is 9.11. The molecule has 0 spiro atoms. The Labute approximate surface area is 139 Å². The third-order valence-corrected chi connectivity index (χ3v) is 4.47. The van der Waals surface area contributed by atoms with E-state index in [1.165, 1.54) is 0 Å². The zero-order valence-electron chi connectivity index (χ0n) is 10.7. The molecule has 0 bridgehead atoms. The maximum absolute atomic E-state index is 6.05. The average Bonchev–Trinajstić information content (AvgIpc) is 2.45. The summed E-state index contributed by atoms with van der Waals surface area (Å²) in [7, 11) is 1.59. The first kappa shape index (κ1) is 15.8. The van der Waals surface area contributed by atoms with Crippen molar-refractivity contribution in [1.82, 2.24) is 5.43 Å². The zero-order valence-corrected chi connectivity index (χ0v) is 14.6. The van der Waals surface area contributed by atoms with Gasteiger partial charge in [0.15, 0.2) is 0 Å². The molecule has 0 saturated heterocycles. The molecule has 2 rings (SSSR count). The predicted octanol–water partition coefficient (Wildman–Crippen LogP) is 4.43. The van der Waals surface area contributed by atoms with Crippen LogP contribution in [0, 0.1) is 0 Å². The number of ether oxygens (including phenoxy) is 1. The molecule has 0 radical (unpaired) electrons. The molecule has 0 aliphatic rings. The number of halogens is 3. The van der Waals surface area contributed by atoms with E-state index in [0.29, 0.717) is 10.8 Å². The molecule has 0 amide bonds. The first-order valence-electron chi connectivity index (χ1n) is 5.81. The van der Waals surface area contributed by atoms with Crippen molar-refractivity contribution in [1.29, 1.82) is 0 Å². The maximum atomic E-state index is 6.05. The highest BCUT2D eigenvalue weighted by atomic mass is 79.9. The van der Waals surface area contributed by atoms with Gasteiger partial charge in [0.25, 0.3) is 0 Å². The Balaban J connectivity index is 2.49. The van der Waals surface area contributed by atoms with Gasteiger partial charge in [0.1, 0.15) is 5.75 Å². The molecule has 0 aliphatic carbocycles. The van der Waals surface area contributed by atoms with E-state index in [0.717, 1.165) is 20.1 Å². The first-order valence-corrected chi connectivity index (χ1v) is 7.77. The fourth-order valence-corrected chi connectivity index (χ4v) is 3.01. The summed E-state index contributed by atoms with van der Waals surface area (Å²) in [6.45, 7) is 0. The molecule has 1 atom stereocenters. The molecule has 0 aliphatic heterocycles. The minimum Gasteiger partial charge on any atom is -0.495 e. The van der Waals surface area contributed by atoms with Crippen LogP contribution in [0.3, 0.4) is 0 Å². The number of rotatable bonds is 4. The molecule has 2 aromatic rings. The van der Waals surface area contributed by atoms with Crippen LogP contribution in [0.4, 0.5) is 0 Å². The number of benzene rings is 2. The van der Waals surface area contributed by atoms with Crippen molar-refractivity contribution < 1.29 is 4.74 Å². The minimum absolute atomic E-state index is 0.173. The lowest BCUT2D eigenvalue weighted by Gasteiger charge is -2.19. The van der Waals surface area contributed by atoms with Gasteiger partial charge in [-0.3, -0.25) is 5.84 Å². The summed E-state index contributed by atoms with van der Waals surface area (Å²) in [6, 6.07) is 11.4. The highest BCUT2D eigenvalue weighted by Crippen LogP contribution is 2.34. The predicted molar refractivity (Wildman–Crippen MR) is 89.0 cm³/mol. The largest absolute Gasteiger partial charge is 0.495 e. The Morgan fingerprint density at radius 2 is 1.95 bits per heavy atom. The number of nitrogens with one attached hydrogen (secondary N) is 1. The van der Waals surface area contributed by atoms with E-state index in [1.807, 2.05) is 30.3 Å². The van der Waals surface area contributed by atoms with E-state index in [-0.39, 0.29) is 6.04 Å². The molecule has 106 valence electrons. The van der Waals surface area contributed by atoms with Crippen LogP contribution in [-0.4, -0.2) is 7.11 Å². The molecule has 20 heavy (non-hydrogen) atoms. The molecule has 1 unspecified atom stereocenters. The SMILES string of the molecule is COc1cc(C(NN)c2cc(Br)ccc2Br)ccc1Cl. The lowest BCUT2D eigenvalue weighted by atomic mass is 9.99. The molecule has 3 N–H and O–H groups in total. The monoisotopic (exact) mass is 418 g/mol. The normalized spacial score (nSPS) is 12.2. The molecule has 6 heteroatoms. The number of methoxy groups -OCH3 is 1. The molecule has 2 aromatic carbocycles. The van der Waals surface area contributed by atoms with E-state index in [2.05, 4.69) is 37.3 Å². The van der Waals surface area contributed by atoms with Crippen molar-refractivity contribution in [3.05, 3.63) is 61.5 Å². The fraction of sp³-hybridized carbons (Fsp3) is 0.143. The maximum Gasteiger partial charge on any atom is 0.137 e. The second kappa shape index (κ2) is 6.91. The molecule has 0 fully saturated rings. The van der Waals surface area contributed by atoms with Gasteiger partial charge in [-0.1, -0.05) is 49.5 Å². The third kappa shape index (κ3) is 3.35. The molecule has 0 aromatic heterocycles. The quantitative estimate of drug-likeness (QED) is 0.568. The Morgan fingerprint density at radius 3 is 2.60 bits per heavy atom. The number of hydrogen-bond donors (Lipinski definition) is 2. The van der Waals surface area contributed by atoms with Gasteiger partial charge < -0.3 is 4.74 Å². The Kier molecular flexibility index (Phi) is 5.46. The Bertz CT molecular complexity index is 622. The summed E-state index contributed by atoms with van der Waals surface area (Å²) in [4.78, 5) is 0. The van der Waals surface area contributed by atoms with Crippen molar-refractivity contribution in [2.24, 2.45) is 5.84 Å². The van der Waals surface area contributed by atoms with Crippen LogP contribution in [0.15, 0.2) is 45.3 Å². The van der Waals surface area contributed by atoms with Crippen molar-refractivity contribution in [3.8, 4) is 5.75 Å². The lowest BCUT2D eigenvalue weighted by molar-refractivity contribution is 0.414. The van der Waals surface area contributed by atoms with Crippen LogP contribution in [-0.2, 0) is 0 Å². The van der Waals surface area contributed by atoms with Gasteiger partial charge >= 0.3 is 0 Å². The average molecular weight is 421 g/mol. The third-order valence-electron chi connectivity index (χ3n) is 2.94. The van der Waals surface area contributed by atoms with Crippen LogP contribution >= 0.6 is 43.5 Å². The number of nitrogens with two attached hydrogens (primary N) is 1. The summed E-state index contributed by atoms with van der Waals surface area (Å²) < 4.78 is 7.20. The van der Waals surface area contributed by atoms with E-state index >= 15 is 0 Å². The van der Waals surface area contributed by atoms with Gasteiger partial charge in [0.2, 0.25) is 0 Å². The van der Waals surface area contributed by atoms with E-state index in [9.17, 15) is 0 Å². The van der Waals surface area contributed by atoms with Gasteiger partial charge in [0.05, 0.1) is 18.2 Å². The van der Waals surface area contributed by atoms with Crippen LogP contribution in [0.5, 0.6) is 5.75 Å². The zero-order chi connectivity index (χ0) is 14.7. The molecule has 0 saturated carbocycles. The molecular weight excluding hydrogens is 407 g/mol. The van der Waals surface area contributed by atoms with Crippen molar-refractivity contribution in [3.63, 3.8) is 0 Å².